The average molecular weight is 684 g/mol. The Bertz CT molecular complexity index is 1660. The lowest BCUT2D eigenvalue weighted by Gasteiger charge is -2.44. The lowest BCUT2D eigenvalue weighted by Crippen LogP contribution is -2.48. The summed E-state index contributed by atoms with van der Waals surface area (Å²) in [6, 6.07) is 11.4. The number of hydrogen-bond acceptors (Lipinski definition) is 7. The number of ether oxygens (including phenoxy) is 2. The second kappa shape index (κ2) is 13.4. The van der Waals surface area contributed by atoms with E-state index >= 15 is 0 Å². The quantitative estimate of drug-likeness (QED) is 0.425. The van der Waals surface area contributed by atoms with Crippen molar-refractivity contribution in [2.75, 3.05) is 38.8 Å². The van der Waals surface area contributed by atoms with E-state index in [4.69, 9.17) is 21.1 Å². The van der Waals surface area contributed by atoms with Crippen molar-refractivity contribution in [1.82, 2.24) is 10.0 Å². The van der Waals surface area contributed by atoms with Crippen molar-refractivity contribution in [3.8, 4) is 5.75 Å². The van der Waals surface area contributed by atoms with Gasteiger partial charge >= 0.3 is 0 Å². The molecule has 2 bridgehead atoms. The zero-order chi connectivity index (χ0) is 33.5. The number of methoxy groups -OCH3 is 1. The van der Waals surface area contributed by atoms with Crippen LogP contribution >= 0.6 is 11.6 Å². The van der Waals surface area contributed by atoms with Gasteiger partial charge in [0.1, 0.15) is 11.9 Å². The molecule has 2 heterocycles. The van der Waals surface area contributed by atoms with Crippen molar-refractivity contribution in [3.05, 3.63) is 70.3 Å². The van der Waals surface area contributed by atoms with E-state index in [1.54, 1.807) is 32.2 Å². The Balaban J connectivity index is 1.42. The van der Waals surface area contributed by atoms with Gasteiger partial charge < -0.3 is 19.7 Å². The van der Waals surface area contributed by atoms with Crippen LogP contribution in [0.3, 0.4) is 0 Å². The summed E-state index contributed by atoms with van der Waals surface area (Å²) in [4.78, 5) is 28.8. The van der Waals surface area contributed by atoms with Crippen molar-refractivity contribution >= 4 is 39.1 Å². The molecule has 0 saturated heterocycles. The zero-order valence-electron chi connectivity index (χ0n) is 27.6. The number of nitrogens with zero attached hydrogens (tertiary/aromatic N) is 1. The first-order chi connectivity index (χ1) is 22.4. The number of nitrogens with one attached hydrogen (secondary N) is 2. The predicted molar refractivity (Wildman–Crippen MR) is 184 cm³/mol. The zero-order valence-corrected chi connectivity index (χ0v) is 29.2. The number of rotatable bonds is 3. The SMILES string of the molecule is CNC(=O)[C@@H](OC)[C@@H]1/C=C\[C@@H]2CC[C@H]2CN2C[C@@]3(CCCc4cc(Cl)ccc43)COc3ccc(cc32)C(=O)NS(=O)(=O)[C@H](C)[C@@H](C)C1. The van der Waals surface area contributed by atoms with E-state index in [1.807, 2.05) is 13.0 Å². The fourth-order valence-corrected chi connectivity index (χ4v) is 9.51. The standard InChI is InChI=1S/C36H46ClN3O6S/c1-22-16-26(33(45-4)35(42)38-3)9-7-24-8-10-28(24)19-40-20-36(15-5-6-25-17-29(37)12-13-30(25)36)21-46-32-14-11-27(18-31(32)40)34(41)39-47(43,44)23(22)2/h7,9,11-14,17-18,22-24,26,28,33H,5-6,8,10,15-16,19-21H2,1-4H3,(H,38,42)(H,39,41)/b9-7-/t22-,23+,24+,26+,28-,33-,36-/m0/s1. The Morgan fingerprint density at radius 2 is 1.98 bits per heavy atom. The largest absolute Gasteiger partial charge is 0.490 e. The van der Waals surface area contributed by atoms with Crippen molar-refractivity contribution in [1.29, 1.82) is 0 Å². The van der Waals surface area contributed by atoms with Crippen molar-refractivity contribution in [2.45, 2.75) is 69.1 Å². The fourth-order valence-electron chi connectivity index (χ4n) is 8.03. The van der Waals surface area contributed by atoms with Crippen LogP contribution in [0.5, 0.6) is 5.75 Å². The Kier molecular flexibility index (Phi) is 9.67. The van der Waals surface area contributed by atoms with E-state index in [1.165, 1.54) is 18.2 Å². The van der Waals surface area contributed by atoms with Gasteiger partial charge in [-0.25, -0.2) is 13.1 Å². The molecule has 47 heavy (non-hydrogen) atoms. The molecule has 0 radical (unpaired) electrons. The molecule has 9 nitrogen and oxygen atoms in total. The van der Waals surface area contributed by atoms with E-state index < -0.39 is 27.3 Å². The van der Waals surface area contributed by atoms with Crippen molar-refractivity contribution < 1.29 is 27.5 Å². The Labute approximate surface area is 283 Å². The first-order valence-corrected chi connectivity index (χ1v) is 18.7. The van der Waals surface area contributed by atoms with Crippen LogP contribution in [-0.4, -0.2) is 65.4 Å². The van der Waals surface area contributed by atoms with Gasteiger partial charge in [0, 0.05) is 49.2 Å². The van der Waals surface area contributed by atoms with E-state index in [9.17, 15) is 18.0 Å². The monoisotopic (exact) mass is 683 g/mol. The van der Waals surface area contributed by atoms with Crippen LogP contribution in [0, 0.1) is 23.7 Å². The number of allylic oxidation sites excluding steroid dienone is 1. The third kappa shape index (κ3) is 6.65. The molecule has 1 spiro atoms. The number of carbonyl (C=O) groups excluding carboxylic acids is 2. The van der Waals surface area contributed by atoms with E-state index in [0.29, 0.717) is 31.2 Å². The number of sulfonamides is 1. The maximum atomic E-state index is 13.6. The summed E-state index contributed by atoms with van der Waals surface area (Å²) in [5.41, 5.74) is 3.30. The maximum absolute atomic E-state index is 13.6. The van der Waals surface area contributed by atoms with Crippen LogP contribution < -0.4 is 19.7 Å². The summed E-state index contributed by atoms with van der Waals surface area (Å²) >= 11 is 6.42. The number of aryl methyl sites for hydroxylation is 1. The lowest BCUT2D eigenvalue weighted by atomic mass is 9.69. The van der Waals surface area contributed by atoms with Gasteiger partial charge in [-0.2, -0.15) is 0 Å². The molecule has 6 rings (SSSR count). The number of anilines is 1. The predicted octanol–water partition coefficient (Wildman–Crippen LogP) is 5.26. The van der Waals surface area contributed by atoms with Crippen LogP contribution in [0.25, 0.3) is 0 Å². The molecule has 0 unspecified atom stereocenters. The normalized spacial score (nSPS) is 31.6. The number of fused-ring (bicyclic) bond motifs is 4. The molecule has 1 saturated carbocycles. The number of hydrogen-bond donors (Lipinski definition) is 2. The second-order valence-electron chi connectivity index (χ2n) is 14.0. The molecular weight excluding hydrogens is 638 g/mol. The minimum Gasteiger partial charge on any atom is -0.490 e. The first kappa shape index (κ1) is 33.8. The van der Waals surface area contributed by atoms with E-state index in [0.717, 1.165) is 49.4 Å². The summed E-state index contributed by atoms with van der Waals surface area (Å²) < 4.78 is 41.7. The second-order valence-corrected chi connectivity index (χ2v) is 16.5. The topological polar surface area (TPSA) is 114 Å². The summed E-state index contributed by atoms with van der Waals surface area (Å²) in [6.07, 6.45) is 8.92. The van der Waals surface area contributed by atoms with E-state index in [-0.39, 0.29) is 34.6 Å². The van der Waals surface area contributed by atoms with Crippen molar-refractivity contribution in [2.24, 2.45) is 23.7 Å². The molecule has 2 N–H and O–H groups in total. The molecule has 2 aliphatic heterocycles. The molecule has 254 valence electrons. The lowest BCUT2D eigenvalue weighted by molar-refractivity contribution is -0.133. The van der Waals surface area contributed by atoms with Gasteiger partial charge in [0.05, 0.1) is 17.5 Å². The molecule has 4 aliphatic rings. The number of halogens is 1. The number of carbonyl (C=O) groups is 2. The molecule has 2 aromatic carbocycles. The molecule has 2 amide bonds. The van der Waals surface area contributed by atoms with Crippen LogP contribution in [0.15, 0.2) is 48.6 Å². The summed E-state index contributed by atoms with van der Waals surface area (Å²) in [5, 5.41) is 2.52. The smallest absolute Gasteiger partial charge is 0.264 e. The maximum Gasteiger partial charge on any atom is 0.264 e. The fraction of sp³-hybridized carbons (Fsp3) is 0.556. The third-order valence-electron chi connectivity index (χ3n) is 11.2. The van der Waals surface area contributed by atoms with Gasteiger partial charge in [-0.1, -0.05) is 36.7 Å². The highest BCUT2D eigenvalue weighted by Crippen LogP contribution is 2.46. The van der Waals surface area contributed by atoms with Crippen LogP contribution in [0.1, 0.15) is 67.4 Å². The molecule has 7 atom stereocenters. The summed E-state index contributed by atoms with van der Waals surface area (Å²) in [5.74, 6) is -0.325. The van der Waals surface area contributed by atoms with Gasteiger partial charge in [-0.05, 0) is 105 Å². The highest BCUT2D eigenvalue weighted by molar-refractivity contribution is 7.90. The Hall–Kier alpha value is -3.08. The number of benzene rings is 2. The third-order valence-corrected chi connectivity index (χ3v) is 13.3. The minimum absolute atomic E-state index is 0.257. The van der Waals surface area contributed by atoms with Gasteiger partial charge in [0.2, 0.25) is 15.9 Å². The van der Waals surface area contributed by atoms with Gasteiger partial charge in [0.25, 0.3) is 5.91 Å². The summed E-state index contributed by atoms with van der Waals surface area (Å²) in [7, 11) is -0.973. The Morgan fingerprint density at radius 1 is 1.17 bits per heavy atom. The summed E-state index contributed by atoms with van der Waals surface area (Å²) in [6.45, 7) is 5.39. The van der Waals surface area contributed by atoms with Gasteiger partial charge in [-0.15, -0.1) is 0 Å². The van der Waals surface area contributed by atoms with Crippen LogP contribution in [-0.2, 0) is 31.4 Å². The highest BCUT2D eigenvalue weighted by Gasteiger charge is 2.43. The Morgan fingerprint density at radius 3 is 2.70 bits per heavy atom. The highest BCUT2D eigenvalue weighted by atomic mass is 35.5. The number of amides is 2. The molecule has 0 aromatic heterocycles. The van der Waals surface area contributed by atoms with Gasteiger partial charge in [-0.3, -0.25) is 9.59 Å². The van der Waals surface area contributed by atoms with E-state index in [2.05, 4.69) is 39.2 Å². The molecular formula is C36H46ClN3O6S. The van der Waals surface area contributed by atoms with Crippen LogP contribution in [0.4, 0.5) is 5.69 Å². The molecule has 1 fully saturated rings. The number of likely N-dealkylation sites (N-methyl/N-ethyl adjacent to an activating group) is 1. The first-order valence-electron chi connectivity index (χ1n) is 16.7. The van der Waals surface area contributed by atoms with Crippen LogP contribution in [0.2, 0.25) is 5.02 Å². The molecule has 2 aromatic rings. The molecule has 2 aliphatic carbocycles. The van der Waals surface area contributed by atoms with Gasteiger partial charge in [0.15, 0.2) is 0 Å². The van der Waals surface area contributed by atoms with Crippen molar-refractivity contribution in [3.63, 3.8) is 0 Å². The minimum atomic E-state index is -4.05. The molecule has 11 heteroatoms. The average Bonchev–Trinajstić information content (AvgIpc) is 3.18.